The number of pyridine rings is 1. The molecule has 0 bridgehead atoms. The maximum Gasteiger partial charge on any atom is 0.247 e. The highest BCUT2D eigenvalue weighted by molar-refractivity contribution is 7.07. The SMILES string of the molecule is CN(c1cscn1)[C@@H](Cc1ccccc1)C(=O)Nc1cccc(-c2ccncc2F)c1. The summed E-state index contributed by atoms with van der Waals surface area (Å²) in [6, 6.07) is 18.2. The minimum Gasteiger partial charge on any atom is -0.347 e. The maximum absolute atomic E-state index is 14.1. The van der Waals surface area contributed by atoms with Gasteiger partial charge in [0, 0.05) is 36.3 Å². The average Bonchev–Trinajstić information content (AvgIpc) is 3.33. The van der Waals surface area contributed by atoms with E-state index in [1.54, 1.807) is 42.0 Å². The normalized spacial score (nSPS) is 11.7. The molecular formula is C24H21FN4OS. The number of rotatable bonds is 7. The van der Waals surface area contributed by atoms with Crippen LogP contribution in [0.2, 0.25) is 0 Å². The zero-order valence-electron chi connectivity index (χ0n) is 16.9. The third kappa shape index (κ3) is 4.95. The summed E-state index contributed by atoms with van der Waals surface area (Å²) in [4.78, 5) is 23.3. The second-order valence-electron chi connectivity index (χ2n) is 7.09. The molecule has 2 aromatic heterocycles. The Hall–Kier alpha value is -3.58. The number of anilines is 2. The number of likely N-dealkylation sites (N-methyl/N-ethyl adjacent to an activating group) is 1. The van der Waals surface area contributed by atoms with Crippen LogP contribution in [0.25, 0.3) is 11.1 Å². The van der Waals surface area contributed by atoms with Crippen LogP contribution in [0.1, 0.15) is 5.56 Å². The van der Waals surface area contributed by atoms with E-state index < -0.39 is 11.9 Å². The highest BCUT2D eigenvalue weighted by Gasteiger charge is 2.25. The lowest BCUT2D eigenvalue weighted by molar-refractivity contribution is -0.117. The summed E-state index contributed by atoms with van der Waals surface area (Å²) < 4.78 is 14.1. The maximum atomic E-state index is 14.1. The first-order valence-corrected chi connectivity index (χ1v) is 10.7. The first-order valence-electron chi connectivity index (χ1n) is 9.77. The van der Waals surface area contributed by atoms with Crippen molar-refractivity contribution in [1.29, 1.82) is 0 Å². The van der Waals surface area contributed by atoms with Crippen molar-refractivity contribution >= 4 is 28.7 Å². The van der Waals surface area contributed by atoms with Crippen molar-refractivity contribution in [2.24, 2.45) is 0 Å². The van der Waals surface area contributed by atoms with Crippen molar-refractivity contribution < 1.29 is 9.18 Å². The molecule has 0 fully saturated rings. The summed E-state index contributed by atoms with van der Waals surface area (Å²) in [7, 11) is 1.87. The molecule has 0 radical (unpaired) electrons. The Kier molecular flexibility index (Phi) is 6.33. The fourth-order valence-electron chi connectivity index (χ4n) is 3.38. The van der Waals surface area contributed by atoms with Gasteiger partial charge in [-0.15, -0.1) is 11.3 Å². The minimum atomic E-state index is -0.467. The molecule has 0 aliphatic rings. The summed E-state index contributed by atoms with van der Waals surface area (Å²) in [5.41, 5.74) is 4.51. The van der Waals surface area contributed by atoms with E-state index in [1.807, 2.05) is 47.7 Å². The standard InChI is InChI=1S/C24H21FN4OS/c1-29(23-15-31-16-27-23)22(12-17-6-3-2-4-7-17)24(30)28-19-9-5-8-18(13-19)20-10-11-26-14-21(20)25/h2-11,13-16,22H,12H2,1H3,(H,28,30)/t22-/m0/s1. The van der Waals surface area contributed by atoms with Gasteiger partial charge in [-0.05, 0) is 29.3 Å². The summed E-state index contributed by atoms with van der Waals surface area (Å²) in [5, 5.41) is 4.91. The fourth-order valence-corrected chi connectivity index (χ4v) is 3.96. The minimum absolute atomic E-state index is 0.160. The smallest absolute Gasteiger partial charge is 0.247 e. The van der Waals surface area contributed by atoms with Gasteiger partial charge in [0.15, 0.2) is 0 Å². The van der Waals surface area contributed by atoms with Gasteiger partial charge >= 0.3 is 0 Å². The van der Waals surface area contributed by atoms with E-state index in [0.29, 0.717) is 23.2 Å². The summed E-state index contributed by atoms with van der Waals surface area (Å²) >= 11 is 1.48. The van der Waals surface area contributed by atoms with Crippen LogP contribution < -0.4 is 10.2 Å². The lowest BCUT2D eigenvalue weighted by Crippen LogP contribution is -2.43. The van der Waals surface area contributed by atoms with E-state index in [1.165, 1.54) is 17.5 Å². The molecule has 2 heterocycles. The molecule has 0 unspecified atom stereocenters. The number of carbonyl (C=O) groups excluding carboxylic acids is 1. The number of amides is 1. The van der Waals surface area contributed by atoms with Gasteiger partial charge in [0.2, 0.25) is 5.91 Å². The zero-order chi connectivity index (χ0) is 21.6. The van der Waals surface area contributed by atoms with E-state index in [4.69, 9.17) is 0 Å². The van der Waals surface area contributed by atoms with Crippen LogP contribution in [0.3, 0.4) is 0 Å². The van der Waals surface area contributed by atoms with Crippen LogP contribution in [-0.4, -0.2) is 29.0 Å². The van der Waals surface area contributed by atoms with Gasteiger partial charge in [-0.3, -0.25) is 9.78 Å². The lowest BCUT2D eigenvalue weighted by Gasteiger charge is -2.27. The second kappa shape index (κ2) is 9.49. The monoisotopic (exact) mass is 432 g/mol. The van der Waals surface area contributed by atoms with Crippen molar-refractivity contribution in [2.75, 3.05) is 17.3 Å². The molecule has 31 heavy (non-hydrogen) atoms. The fraction of sp³-hybridized carbons (Fsp3) is 0.125. The Morgan fingerprint density at radius 2 is 2.00 bits per heavy atom. The van der Waals surface area contributed by atoms with Gasteiger partial charge < -0.3 is 10.2 Å². The van der Waals surface area contributed by atoms with Gasteiger partial charge in [0.25, 0.3) is 0 Å². The van der Waals surface area contributed by atoms with E-state index in [2.05, 4.69) is 15.3 Å². The van der Waals surface area contributed by atoms with E-state index in [0.717, 1.165) is 11.4 Å². The number of nitrogens with zero attached hydrogens (tertiary/aromatic N) is 3. The van der Waals surface area contributed by atoms with Crippen LogP contribution in [0.15, 0.2) is 83.9 Å². The van der Waals surface area contributed by atoms with Gasteiger partial charge in [-0.1, -0.05) is 42.5 Å². The Morgan fingerprint density at radius 1 is 1.16 bits per heavy atom. The topological polar surface area (TPSA) is 58.1 Å². The van der Waals surface area contributed by atoms with Crippen LogP contribution in [0.5, 0.6) is 0 Å². The van der Waals surface area contributed by atoms with Gasteiger partial charge in [-0.2, -0.15) is 0 Å². The van der Waals surface area contributed by atoms with Crippen molar-refractivity contribution in [3.8, 4) is 11.1 Å². The van der Waals surface area contributed by atoms with Crippen LogP contribution in [0.4, 0.5) is 15.9 Å². The molecule has 2 aromatic carbocycles. The molecule has 7 heteroatoms. The molecule has 0 aliphatic carbocycles. The molecule has 1 atom stereocenters. The predicted molar refractivity (Wildman–Crippen MR) is 123 cm³/mol. The van der Waals surface area contributed by atoms with E-state index in [-0.39, 0.29) is 5.91 Å². The molecule has 4 rings (SSSR count). The Labute approximate surface area is 184 Å². The molecule has 0 saturated heterocycles. The third-order valence-corrected chi connectivity index (χ3v) is 5.61. The molecule has 0 spiro atoms. The molecule has 4 aromatic rings. The van der Waals surface area contributed by atoms with Crippen molar-refractivity contribution in [1.82, 2.24) is 9.97 Å². The third-order valence-electron chi connectivity index (χ3n) is 5.04. The molecule has 156 valence electrons. The molecule has 1 amide bonds. The zero-order valence-corrected chi connectivity index (χ0v) is 17.7. The summed E-state index contributed by atoms with van der Waals surface area (Å²) in [6.07, 6.45) is 3.25. The number of thiazole rings is 1. The van der Waals surface area contributed by atoms with Gasteiger partial charge in [0.05, 0.1) is 11.7 Å². The lowest BCUT2D eigenvalue weighted by atomic mass is 10.0. The van der Waals surface area contributed by atoms with Gasteiger partial charge in [0.1, 0.15) is 17.7 Å². The van der Waals surface area contributed by atoms with Crippen LogP contribution in [0, 0.1) is 5.82 Å². The number of hydrogen-bond donors (Lipinski definition) is 1. The average molecular weight is 433 g/mol. The Balaban J connectivity index is 1.59. The first kappa shape index (κ1) is 20.7. The second-order valence-corrected chi connectivity index (χ2v) is 7.81. The quantitative estimate of drug-likeness (QED) is 0.445. The highest BCUT2D eigenvalue weighted by atomic mass is 32.1. The highest BCUT2D eigenvalue weighted by Crippen LogP contribution is 2.25. The van der Waals surface area contributed by atoms with E-state index in [9.17, 15) is 9.18 Å². The van der Waals surface area contributed by atoms with Gasteiger partial charge in [-0.25, -0.2) is 9.37 Å². The number of carbonyl (C=O) groups is 1. The molecule has 0 saturated carbocycles. The summed E-state index contributed by atoms with van der Waals surface area (Å²) in [6.45, 7) is 0. The Morgan fingerprint density at radius 3 is 2.74 bits per heavy atom. The first-order chi connectivity index (χ1) is 15.1. The summed E-state index contributed by atoms with van der Waals surface area (Å²) in [5.74, 6) is 0.177. The van der Waals surface area contributed by atoms with Crippen LogP contribution in [-0.2, 0) is 11.2 Å². The largest absolute Gasteiger partial charge is 0.347 e. The Bertz CT molecular complexity index is 1150. The molecule has 5 nitrogen and oxygen atoms in total. The molecule has 0 aliphatic heterocycles. The molecule has 1 N–H and O–H groups in total. The van der Waals surface area contributed by atoms with Crippen LogP contribution >= 0.6 is 11.3 Å². The van der Waals surface area contributed by atoms with Crippen molar-refractivity contribution in [2.45, 2.75) is 12.5 Å². The van der Waals surface area contributed by atoms with Crippen molar-refractivity contribution in [3.63, 3.8) is 0 Å². The van der Waals surface area contributed by atoms with E-state index >= 15 is 0 Å². The van der Waals surface area contributed by atoms with Crippen molar-refractivity contribution in [3.05, 3.63) is 95.3 Å². The molecular weight excluding hydrogens is 411 g/mol. The number of aromatic nitrogens is 2. The predicted octanol–water partition coefficient (Wildman–Crippen LogP) is 5.03. The number of benzene rings is 2. The number of nitrogens with one attached hydrogen (secondary N) is 1. The number of halogens is 1. The number of hydrogen-bond acceptors (Lipinski definition) is 5.